The highest BCUT2D eigenvalue weighted by Gasteiger charge is 2.34. The molecule has 2 aliphatic rings. The van der Waals surface area contributed by atoms with Crippen LogP contribution in [0.3, 0.4) is 0 Å². The van der Waals surface area contributed by atoms with E-state index >= 15 is 0 Å². The van der Waals surface area contributed by atoms with Gasteiger partial charge in [-0.1, -0.05) is 26.7 Å². The number of aromatic nitrogens is 2. The standard InChI is InChI=1S/C18H31N5O3S/c1-3-22(4-2)27(25,26)23-11-7-10-15(13-23)17-16(12-19-21-17)20-18(24)14-8-5-6-9-14/h12,14-15H,3-11,13H2,1-2H3,(H,19,21)(H,20,24). The second-order valence-electron chi connectivity index (χ2n) is 7.46. The lowest BCUT2D eigenvalue weighted by Crippen LogP contribution is -2.47. The van der Waals surface area contributed by atoms with E-state index in [1.165, 1.54) is 4.31 Å². The van der Waals surface area contributed by atoms with Crippen LogP contribution >= 0.6 is 0 Å². The molecule has 8 nitrogen and oxygen atoms in total. The van der Waals surface area contributed by atoms with Crippen molar-refractivity contribution in [3.63, 3.8) is 0 Å². The van der Waals surface area contributed by atoms with Gasteiger partial charge in [0.25, 0.3) is 10.2 Å². The molecular formula is C18H31N5O3S. The SMILES string of the molecule is CCN(CC)S(=O)(=O)N1CCCC(c2[nH]ncc2NC(=O)C2CCCC2)C1. The average Bonchev–Trinajstić information content (AvgIpc) is 3.34. The zero-order chi connectivity index (χ0) is 19.4. The lowest BCUT2D eigenvalue weighted by atomic mass is 9.95. The van der Waals surface area contributed by atoms with E-state index in [1.807, 2.05) is 13.8 Å². The van der Waals surface area contributed by atoms with Crippen LogP contribution in [0, 0.1) is 5.92 Å². The van der Waals surface area contributed by atoms with E-state index in [4.69, 9.17) is 0 Å². The van der Waals surface area contributed by atoms with Crippen LogP contribution in [0.2, 0.25) is 0 Å². The normalized spacial score (nSPS) is 22.4. The van der Waals surface area contributed by atoms with Crippen LogP contribution in [-0.2, 0) is 15.0 Å². The molecule has 1 unspecified atom stereocenters. The van der Waals surface area contributed by atoms with Crippen molar-refractivity contribution in [3.8, 4) is 0 Å². The zero-order valence-electron chi connectivity index (χ0n) is 16.3. The highest BCUT2D eigenvalue weighted by Crippen LogP contribution is 2.33. The summed E-state index contributed by atoms with van der Waals surface area (Å²) < 4.78 is 28.8. The molecule has 152 valence electrons. The zero-order valence-corrected chi connectivity index (χ0v) is 17.1. The predicted molar refractivity (Wildman–Crippen MR) is 105 cm³/mol. The molecule has 2 fully saturated rings. The molecule has 2 heterocycles. The van der Waals surface area contributed by atoms with Crippen molar-refractivity contribution in [1.82, 2.24) is 18.8 Å². The molecule has 1 aromatic heterocycles. The lowest BCUT2D eigenvalue weighted by Gasteiger charge is -2.34. The number of carbonyl (C=O) groups is 1. The molecule has 1 amide bonds. The molecule has 9 heteroatoms. The third-order valence-corrected chi connectivity index (χ3v) is 7.96. The Hall–Kier alpha value is -1.45. The number of piperidine rings is 1. The van der Waals surface area contributed by atoms with Gasteiger partial charge in [-0.05, 0) is 25.7 Å². The first-order valence-corrected chi connectivity index (χ1v) is 11.5. The first kappa shape index (κ1) is 20.3. The number of H-pyrrole nitrogens is 1. The number of hydrogen-bond acceptors (Lipinski definition) is 4. The van der Waals surface area contributed by atoms with E-state index in [9.17, 15) is 13.2 Å². The van der Waals surface area contributed by atoms with E-state index in [2.05, 4.69) is 15.5 Å². The molecule has 3 rings (SSSR count). The summed E-state index contributed by atoms with van der Waals surface area (Å²) in [6.07, 6.45) is 7.41. The number of amides is 1. The van der Waals surface area contributed by atoms with E-state index in [0.29, 0.717) is 31.9 Å². The van der Waals surface area contributed by atoms with Crippen molar-refractivity contribution in [2.75, 3.05) is 31.5 Å². The van der Waals surface area contributed by atoms with Gasteiger partial charge in [0.2, 0.25) is 5.91 Å². The number of carbonyl (C=O) groups excluding carboxylic acids is 1. The summed E-state index contributed by atoms with van der Waals surface area (Å²) in [5.74, 6) is 0.141. The van der Waals surface area contributed by atoms with E-state index < -0.39 is 10.2 Å². The van der Waals surface area contributed by atoms with Crippen LogP contribution in [0.15, 0.2) is 6.20 Å². The maximum atomic E-state index is 12.9. The number of anilines is 1. The highest BCUT2D eigenvalue weighted by atomic mass is 32.2. The number of nitrogens with zero attached hydrogens (tertiary/aromatic N) is 3. The molecule has 0 radical (unpaired) electrons. The van der Waals surface area contributed by atoms with E-state index in [-0.39, 0.29) is 17.7 Å². The van der Waals surface area contributed by atoms with Gasteiger partial charge in [-0.2, -0.15) is 22.1 Å². The van der Waals surface area contributed by atoms with Gasteiger partial charge in [-0.15, -0.1) is 0 Å². The minimum Gasteiger partial charge on any atom is -0.323 e. The van der Waals surface area contributed by atoms with E-state index in [0.717, 1.165) is 44.2 Å². The molecular weight excluding hydrogens is 366 g/mol. The summed E-state index contributed by atoms with van der Waals surface area (Å²) in [5, 5.41) is 10.1. The molecule has 1 saturated carbocycles. The van der Waals surface area contributed by atoms with Gasteiger partial charge >= 0.3 is 0 Å². The molecule has 1 aliphatic carbocycles. The third kappa shape index (κ3) is 4.35. The van der Waals surface area contributed by atoms with Crippen molar-refractivity contribution in [1.29, 1.82) is 0 Å². The quantitative estimate of drug-likeness (QED) is 0.737. The van der Waals surface area contributed by atoms with Crippen molar-refractivity contribution in [2.24, 2.45) is 5.92 Å². The molecule has 0 bridgehead atoms. The Bertz CT molecular complexity index is 738. The van der Waals surface area contributed by atoms with Crippen LogP contribution in [0.1, 0.15) is 64.0 Å². The number of aromatic amines is 1. The Labute approximate surface area is 161 Å². The van der Waals surface area contributed by atoms with Crippen LogP contribution < -0.4 is 5.32 Å². The minimum atomic E-state index is -3.45. The van der Waals surface area contributed by atoms with Gasteiger partial charge in [0.1, 0.15) is 0 Å². The lowest BCUT2D eigenvalue weighted by molar-refractivity contribution is -0.119. The van der Waals surface area contributed by atoms with Gasteiger partial charge in [0.05, 0.1) is 17.6 Å². The monoisotopic (exact) mass is 397 g/mol. The van der Waals surface area contributed by atoms with Gasteiger partial charge in [-0.3, -0.25) is 9.89 Å². The van der Waals surface area contributed by atoms with Crippen molar-refractivity contribution in [2.45, 2.75) is 58.3 Å². The van der Waals surface area contributed by atoms with Crippen molar-refractivity contribution < 1.29 is 13.2 Å². The molecule has 1 atom stereocenters. The number of nitrogens with one attached hydrogen (secondary N) is 2. The topological polar surface area (TPSA) is 98.4 Å². The van der Waals surface area contributed by atoms with Crippen LogP contribution in [0.25, 0.3) is 0 Å². The summed E-state index contributed by atoms with van der Waals surface area (Å²) in [6.45, 7) is 5.59. The van der Waals surface area contributed by atoms with Crippen LogP contribution in [-0.4, -0.2) is 59.3 Å². The maximum Gasteiger partial charge on any atom is 0.281 e. The molecule has 0 spiro atoms. The summed E-state index contributed by atoms with van der Waals surface area (Å²) in [7, 11) is -3.45. The van der Waals surface area contributed by atoms with Gasteiger partial charge < -0.3 is 5.32 Å². The van der Waals surface area contributed by atoms with Gasteiger partial charge in [-0.25, -0.2) is 0 Å². The molecule has 1 aliphatic heterocycles. The molecule has 0 aromatic carbocycles. The van der Waals surface area contributed by atoms with Crippen LogP contribution in [0.4, 0.5) is 5.69 Å². The molecule has 2 N–H and O–H groups in total. The Kier molecular flexibility index (Phi) is 6.54. The fourth-order valence-corrected chi connectivity index (χ4v) is 5.94. The summed E-state index contributed by atoms with van der Waals surface area (Å²) in [6, 6.07) is 0. The largest absolute Gasteiger partial charge is 0.323 e. The first-order valence-electron chi connectivity index (χ1n) is 10.1. The van der Waals surface area contributed by atoms with Gasteiger partial charge in [0, 0.05) is 38.0 Å². The molecule has 1 saturated heterocycles. The molecule has 27 heavy (non-hydrogen) atoms. The summed E-state index contributed by atoms with van der Waals surface area (Å²) >= 11 is 0. The second kappa shape index (κ2) is 8.70. The van der Waals surface area contributed by atoms with E-state index in [1.54, 1.807) is 10.5 Å². The maximum absolute atomic E-state index is 12.9. The van der Waals surface area contributed by atoms with Gasteiger partial charge in [0.15, 0.2) is 0 Å². The molecule has 1 aromatic rings. The smallest absolute Gasteiger partial charge is 0.281 e. The minimum absolute atomic E-state index is 0.00506. The number of rotatable bonds is 7. The Morgan fingerprint density at radius 2 is 1.96 bits per heavy atom. The Morgan fingerprint density at radius 3 is 2.63 bits per heavy atom. The van der Waals surface area contributed by atoms with Crippen LogP contribution in [0.5, 0.6) is 0 Å². The average molecular weight is 398 g/mol. The van der Waals surface area contributed by atoms with Crippen molar-refractivity contribution in [3.05, 3.63) is 11.9 Å². The Balaban J connectivity index is 1.72. The Morgan fingerprint density at radius 1 is 1.26 bits per heavy atom. The highest BCUT2D eigenvalue weighted by molar-refractivity contribution is 7.86. The predicted octanol–water partition coefficient (Wildman–Crippen LogP) is 2.30. The first-order chi connectivity index (χ1) is 13.0. The fraction of sp³-hybridized carbons (Fsp3) is 0.778. The second-order valence-corrected chi connectivity index (χ2v) is 9.39. The summed E-state index contributed by atoms with van der Waals surface area (Å²) in [4.78, 5) is 12.5. The summed E-state index contributed by atoms with van der Waals surface area (Å²) in [5.41, 5.74) is 1.53. The number of hydrogen-bond donors (Lipinski definition) is 2. The van der Waals surface area contributed by atoms with Crippen molar-refractivity contribution >= 4 is 21.8 Å². The fourth-order valence-electron chi connectivity index (χ4n) is 4.23. The third-order valence-electron chi connectivity index (χ3n) is 5.80.